The van der Waals surface area contributed by atoms with Gasteiger partial charge in [0.25, 0.3) is 0 Å². The molecule has 0 heterocycles. The van der Waals surface area contributed by atoms with E-state index < -0.39 is 0 Å². The van der Waals surface area contributed by atoms with Gasteiger partial charge in [0.1, 0.15) is 0 Å². The summed E-state index contributed by atoms with van der Waals surface area (Å²) in [7, 11) is 0. The molecule has 0 amide bonds. The van der Waals surface area contributed by atoms with E-state index in [4.69, 9.17) is 0 Å². The normalized spacial score (nSPS) is 20.5. The lowest BCUT2D eigenvalue weighted by atomic mass is 9.77. The molecule has 1 nitrogen and oxygen atoms in total. The minimum absolute atomic E-state index is 0.371. The number of rotatable bonds is 4. The Hall–Kier alpha value is -0.0400. The van der Waals surface area contributed by atoms with E-state index in [9.17, 15) is 0 Å². The molecule has 0 saturated heterocycles. The van der Waals surface area contributed by atoms with E-state index in [-0.39, 0.29) is 0 Å². The van der Waals surface area contributed by atoms with Crippen LogP contribution in [0.15, 0.2) is 0 Å². The Bertz CT molecular complexity index is 134. The summed E-state index contributed by atoms with van der Waals surface area (Å²) in [6, 6.07) is 0. The molecule has 1 rings (SSSR count). The fraction of sp³-hybridized carbons (Fsp3) is 1.00. The molecule has 0 aromatic carbocycles. The van der Waals surface area contributed by atoms with Crippen molar-refractivity contribution < 1.29 is 0 Å². The van der Waals surface area contributed by atoms with E-state index in [0.29, 0.717) is 5.54 Å². The van der Waals surface area contributed by atoms with Crippen molar-refractivity contribution in [3.63, 3.8) is 0 Å². The molecule has 1 N–H and O–H groups in total. The van der Waals surface area contributed by atoms with Crippen molar-refractivity contribution in [3.05, 3.63) is 0 Å². The topological polar surface area (TPSA) is 12.0 Å². The Morgan fingerprint density at radius 2 is 1.77 bits per heavy atom. The molecule has 0 aromatic heterocycles. The summed E-state index contributed by atoms with van der Waals surface area (Å²) in [6.07, 6.45) is 8.47. The second kappa shape index (κ2) is 4.99. The molecule has 0 atom stereocenters. The Labute approximate surface area is 83.3 Å². The van der Waals surface area contributed by atoms with Crippen molar-refractivity contribution in [1.82, 2.24) is 5.32 Å². The first-order valence-electron chi connectivity index (χ1n) is 5.92. The summed E-state index contributed by atoms with van der Waals surface area (Å²) in [6.45, 7) is 8.16. The third-order valence-electron chi connectivity index (χ3n) is 3.46. The summed E-state index contributed by atoms with van der Waals surface area (Å²) >= 11 is 0. The van der Waals surface area contributed by atoms with Gasteiger partial charge in [-0.3, -0.25) is 0 Å². The molecule has 1 heteroatoms. The molecule has 0 aromatic rings. The van der Waals surface area contributed by atoms with Crippen molar-refractivity contribution in [2.75, 3.05) is 6.54 Å². The summed E-state index contributed by atoms with van der Waals surface area (Å²) in [5, 5.41) is 3.68. The minimum Gasteiger partial charge on any atom is -0.312 e. The largest absolute Gasteiger partial charge is 0.312 e. The van der Waals surface area contributed by atoms with Gasteiger partial charge in [-0.1, -0.05) is 26.2 Å². The average molecular weight is 183 g/mol. The molecule has 0 spiro atoms. The first kappa shape index (κ1) is 11.0. The standard InChI is InChI=1S/C12H25N/c1-4-10-13-12(2,3)11-8-6-5-7-9-11/h11,13H,4-10H2,1-3H3. The molecular formula is C12H25N. The minimum atomic E-state index is 0.371. The van der Waals surface area contributed by atoms with Crippen LogP contribution in [0.4, 0.5) is 0 Å². The molecule has 1 fully saturated rings. The van der Waals surface area contributed by atoms with Crippen LogP contribution in [0.3, 0.4) is 0 Å². The van der Waals surface area contributed by atoms with Gasteiger partial charge >= 0.3 is 0 Å². The van der Waals surface area contributed by atoms with Gasteiger partial charge in [0.2, 0.25) is 0 Å². The van der Waals surface area contributed by atoms with Crippen LogP contribution in [0, 0.1) is 5.92 Å². The highest BCUT2D eigenvalue weighted by molar-refractivity contribution is 4.87. The Balaban J connectivity index is 2.36. The number of hydrogen-bond donors (Lipinski definition) is 1. The van der Waals surface area contributed by atoms with E-state index in [0.717, 1.165) is 5.92 Å². The first-order valence-corrected chi connectivity index (χ1v) is 5.92. The van der Waals surface area contributed by atoms with Crippen LogP contribution in [0.5, 0.6) is 0 Å². The summed E-state index contributed by atoms with van der Waals surface area (Å²) < 4.78 is 0. The van der Waals surface area contributed by atoms with Gasteiger partial charge in [0, 0.05) is 5.54 Å². The average Bonchev–Trinajstić information content (AvgIpc) is 2.16. The lowest BCUT2D eigenvalue weighted by Crippen LogP contribution is -2.47. The van der Waals surface area contributed by atoms with Crippen molar-refractivity contribution in [1.29, 1.82) is 0 Å². The molecule has 78 valence electrons. The second-order valence-electron chi connectivity index (χ2n) is 4.98. The van der Waals surface area contributed by atoms with Crippen molar-refractivity contribution in [2.24, 2.45) is 5.92 Å². The maximum atomic E-state index is 3.68. The lowest BCUT2D eigenvalue weighted by molar-refractivity contribution is 0.195. The van der Waals surface area contributed by atoms with Gasteiger partial charge in [0.15, 0.2) is 0 Å². The Morgan fingerprint density at radius 1 is 1.15 bits per heavy atom. The van der Waals surface area contributed by atoms with Gasteiger partial charge < -0.3 is 5.32 Å². The first-order chi connectivity index (χ1) is 6.17. The monoisotopic (exact) mass is 183 g/mol. The van der Waals surface area contributed by atoms with E-state index in [1.807, 2.05) is 0 Å². The summed E-state index contributed by atoms with van der Waals surface area (Å²) in [5.74, 6) is 0.910. The number of hydrogen-bond acceptors (Lipinski definition) is 1. The van der Waals surface area contributed by atoms with Crippen molar-refractivity contribution >= 4 is 0 Å². The third-order valence-corrected chi connectivity index (χ3v) is 3.46. The zero-order valence-corrected chi connectivity index (χ0v) is 9.53. The van der Waals surface area contributed by atoms with Crippen LogP contribution in [-0.2, 0) is 0 Å². The van der Waals surface area contributed by atoms with Crippen LogP contribution >= 0.6 is 0 Å². The molecule has 1 aliphatic carbocycles. The van der Waals surface area contributed by atoms with E-state index in [2.05, 4.69) is 26.1 Å². The van der Waals surface area contributed by atoms with Gasteiger partial charge in [-0.25, -0.2) is 0 Å². The predicted octanol–water partition coefficient (Wildman–Crippen LogP) is 3.34. The lowest BCUT2D eigenvalue weighted by Gasteiger charge is -2.38. The highest BCUT2D eigenvalue weighted by atomic mass is 15.0. The van der Waals surface area contributed by atoms with Gasteiger partial charge in [-0.2, -0.15) is 0 Å². The van der Waals surface area contributed by atoms with Crippen molar-refractivity contribution in [3.8, 4) is 0 Å². The van der Waals surface area contributed by atoms with Gasteiger partial charge in [-0.05, 0) is 45.6 Å². The molecule has 1 saturated carbocycles. The van der Waals surface area contributed by atoms with Gasteiger partial charge in [-0.15, -0.1) is 0 Å². The molecule has 1 aliphatic rings. The van der Waals surface area contributed by atoms with Crippen LogP contribution in [0.25, 0.3) is 0 Å². The van der Waals surface area contributed by atoms with Crippen molar-refractivity contribution in [2.45, 2.75) is 64.8 Å². The van der Waals surface area contributed by atoms with Gasteiger partial charge in [0.05, 0.1) is 0 Å². The fourth-order valence-corrected chi connectivity index (χ4v) is 2.42. The molecular weight excluding hydrogens is 158 g/mol. The van der Waals surface area contributed by atoms with Crippen LogP contribution in [-0.4, -0.2) is 12.1 Å². The fourth-order valence-electron chi connectivity index (χ4n) is 2.42. The Morgan fingerprint density at radius 3 is 2.31 bits per heavy atom. The quantitative estimate of drug-likeness (QED) is 0.705. The maximum Gasteiger partial charge on any atom is 0.0153 e. The van der Waals surface area contributed by atoms with Crippen LogP contribution < -0.4 is 5.32 Å². The van der Waals surface area contributed by atoms with E-state index >= 15 is 0 Å². The molecule has 0 bridgehead atoms. The van der Waals surface area contributed by atoms with E-state index in [1.165, 1.54) is 45.1 Å². The second-order valence-corrected chi connectivity index (χ2v) is 4.98. The van der Waals surface area contributed by atoms with E-state index in [1.54, 1.807) is 0 Å². The highest BCUT2D eigenvalue weighted by Crippen LogP contribution is 2.32. The molecule has 0 radical (unpaired) electrons. The maximum absolute atomic E-state index is 3.68. The zero-order chi connectivity index (χ0) is 9.73. The zero-order valence-electron chi connectivity index (χ0n) is 9.53. The highest BCUT2D eigenvalue weighted by Gasteiger charge is 2.29. The number of nitrogens with one attached hydrogen (secondary N) is 1. The molecule has 13 heavy (non-hydrogen) atoms. The smallest absolute Gasteiger partial charge is 0.0153 e. The third kappa shape index (κ3) is 3.30. The van der Waals surface area contributed by atoms with Crippen LogP contribution in [0.2, 0.25) is 0 Å². The molecule has 0 aliphatic heterocycles. The summed E-state index contributed by atoms with van der Waals surface area (Å²) in [4.78, 5) is 0. The predicted molar refractivity (Wildman–Crippen MR) is 58.9 cm³/mol. The van der Waals surface area contributed by atoms with Crippen LogP contribution in [0.1, 0.15) is 59.3 Å². The summed E-state index contributed by atoms with van der Waals surface area (Å²) in [5.41, 5.74) is 0.371. The Kier molecular flexibility index (Phi) is 4.24. The SMILES string of the molecule is CCCNC(C)(C)C1CCCCC1. The molecule has 0 unspecified atom stereocenters.